The van der Waals surface area contributed by atoms with Crippen LogP contribution in [0, 0.1) is 11.3 Å². The third kappa shape index (κ3) is 5.79. The SMILES string of the molecule is CC(C)CN1C(=O)C2(CCN(Cc3ccc(OCC(=O)O)cc3)CC2)C[C@H]1Cc1ccccc1. The summed E-state index contributed by atoms with van der Waals surface area (Å²) in [5, 5.41) is 8.74. The number of hydrogen-bond acceptors (Lipinski definition) is 4. The van der Waals surface area contributed by atoms with Crippen LogP contribution >= 0.6 is 0 Å². The van der Waals surface area contributed by atoms with Crippen molar-refractivity contribution in [3.63, 3.8) is 0 Å². The van der Waals surface area contributed by atoms with Gasteiger partial charge in [0.15, 0.2) is 6.61 Å². The first kappa shape index (κ1) is 24.3. The van der Waals surface area contributed by atoms with E-state index in [0.717, 1.165) is 51.9 Å². The molecule has 4 rings (SSSR count). The van der Waals surface area contributed by atoms with E-state index in [1.54, 1.807) is 0 Å². The standard InChI is InChI=1S/C28H36N2O4/c1-21(2)18-30-24(16-22-6-4-3-5-7-22)17-28(27(30)33)12-14-29(15-13-28)19-23-8-10-25(11-9-23)34-20-26(31)32/h3-11,21,24H,12-20H2,1-2H3,(H,31,32)/t24-/m1/s1. The molecule has 0 aromatic heterocycles. The van der Waals surface area contributed by atoms with Gasteiger partial charge in [0.1, 0.15) is 5.75 Å². The third-order valence-corrected chi connectivity index (χ3v) is 7.16. The van der Waals surface area contributed by atoms with E-state index < -0.39 is 5.97 Å². The third-order valence-electron chi connectivity index (χ3n) is 7.16. The van der Waals surface area contributed by atoms with Crippen LogP contribution in [-0.2, 0) is 22.6 Å². The number of carboxylic acids is 1. The van der Waals surface area contributed by atoms with E-state index in [4.69, 9.17) is 9.84 Å². The van der Waals surface area contributed by atoms with Gasteiger partial charge in [-0.2, -0.15) is 0 Å². The van der Waals surface area contributed by atoms with Gasteiger partial charge >= 0.3 is 5.97 Å². The van der Waals surface area contributed by atoms with Gasteiger partial charge in [-0.25, -0.2) is 4.79 Å². The number of carbonyl (C=O) groups excluding carboxylic acids is 1. The lowest BCUT2D eigenvalue weighted by Crippen LogP contribution is -2.45. The first-order valence-corrected chi connectivity index (χ1v) is 12.4. The molecule has 0 radical (unpaired) electrons. The van der Waals surface area contributed by atoms with E-state index >= 15 is 0 Å². The summed E-state index contributed by atoms with van der Waals surface area (Å²) in [7, 11) is 0. The minimum atomic E-state index is -0.981. The molecule has 2 heterocycles. The minimum absolute atomic E-state index is 0.223. The van der Waals surface area contributed by atoms with E-state index in [1.807, 2.05) is 30.3 Å². The van der Waals surface area contributed by atoms with Crippen molar-refractivity contribution in [2.24, 2.45) is 11.3 Å². The number of piperidine rings is 1. The molecule has 2 saturated heterocycles. The number of benzene rings is 2. The zero-order chi connectivity index (χ0) is 24.1. The summed E-state index contributed by atoms with van der Waals surface area (Å²) < 4.78 is 5.22. The van der Waals surface area contributed by atoms with Gasteiger partial charge in [0.25, 0.3) is 0 Å². The van der Waals surface area contributed by atoms with Crippen LogP contribution in [0.4, 0.5) is 0 Å². The van der Waals surface area contributed by atoms with E-state index in [-0.39, 0.29) is 18.1 Å². The Morgan fingerprint density at radius 2 is 1.74 bits per heavy atom. The Bertz CT molecular complexity index is 966. The maximum atomic E-state index is 13.7. The van der Waals surface area contributed by atoms with Gasteiger partial charge in [-0.05, 0) is 68.0 Å². The second-order valence-corrected chi connectivity index (χ2v) is 10.3. The van der Waals surface area contributed by atoms with Crippen molar-refractivity contribution in [3.8, 4) is 5.75 Å². The Morgan fingerprint density at radius 3 is 2.35 bits per heavy atom. The number of ether oxygens (including phenoxy) is 1. The van der Waals surface area contributed by atoms with Crippen LogP contribution in [0.3, 0.4) is 0 Å². The molecule has 34 heavy (non-hydrogen) atoms. The Balaban J connectivity index is 1.37. The molecule has 0 saturated carbocycles. The summed E-state index contributed by atoms with van der Waals surface area (Å²) in [4.78, 5) is 28.9. The average molecular weight is 465 g/mol. The van der Waals surface area contributed by atoms with Crippen LogP contribution in [0.15, 0.2) is 54.6 Å². The molecule has 1 amide bonds. The van der Waals surface area contributed by atoms with Gasteiger partial charge in [0.2, 0.25) is 5.91 Å². The summed E-state index contributed by atoms with van der Waals surface area (Å²) in [6, 6.07) is 18.4. The molecule has 6 heteroatoms. The van der Waals surface area contributed by atoms with Gasteiger partial charge in [-0.1, -0.05) is 56.3 Å². The predicted octanol–water partition coefficient (Wildman–Crippen LogP) is 4.23. The number of nitrogens with zero attached hydrogens (tertiary/aromatic N) is 2. The van der Waals surface area contributed by atoms with Crippen LogP contribution in [0.2, 0.25) is 0 Å². The van der Waals surface area contributed by atoms with E-state index in [0.29, 0.717) is 17.6 Å². The molecule has 2 aliphatic rings. The Morgan fingerprint density at radius 1 is 1.06 bits per heavy atom. The fourth-order valence-corrected chi connectivity index (χ4v) is 5.46. The summed E-state index contributed by atoms with van der Waals surface area (Å²) in [5.41, 5.74) is 2.25. The van der Waals surface area contributed by atoms with Crippen molar-refractivity contribution < 1.29 is 19.4 Å². The monoisotopic (exact) mass is 464 g/mol. The highest BCUT2D eigenvalue weighted by molar-refractivity contribution is 5.85. The maximum absolute atomic E-state index is 13.7. The van der Waals surface area contributed by atoms with E-state index in [1.165, 1.54) is 11.1 Å². The highest BCUT2D eigenvalue weighted by Gasteiger charge is 2.52. The number of carbonyl (C=O) groups is 2. The number of carboxylic acid groups (broad SMARTS) is 1. The molecule has 1 spiro atoms. The summed E-state index contributed by atoms with van der Waals surface area (Å²) in [6.45, 7) is 7.54. The fourth-order valence-electron chi connectivity index (χ4n) is 5.46. The largest absolute Gasteiger partial charge is 0.482 e. The molecule has 0 bridgehead atoms. The van der Waals surface area contributed by atoms with Crippen LogP contribution in [0.25, 0.3) is 0 Å². The number of aliphatic carboxylic acids is 1. The number of hydrogen-bond donors (Lipinski definition) is 1. The lowest BCUT2D eigenvalue weighted by Gasteiger charge is -2.38. The highest BCUT2D eigenvalue weighted by atomic mass is 16.5. The number of rotatable bonds is 9. The fraction of sp³-hybridized carbons (Fsp3) is 0.500. The zero-order valence-electron chi connectivity index (χ0n) is 20.3. The molecule has 1 atom stereocenters. The second-order valence-electron chi connectivity index (χ2n) is 10.3. The molecule has 2 aliphatic heterocycles. The first-order valence-electron chi connectivity index (χ1n) is 12.4. The molecule has 6 nitrogen and oxygen atoms in total. The molecular formula is C28H36N2O4. The van der Waals surface area contributed by atoms with E-state index in [9.17, 15) is 9.59 Å². The molecular weight excluding hydrogens is 428 g/mol. The van der Waals surface area contributed by atoms with Gasteiger partial charge in [0, 0.05) is 19.1 Å². The Kier molecular flexibility index (Phi) is 7.57. The van der Waals surface area contributed by atoms with Gasteiger partial charge in [0.05, 0.1) is 5.41 Å². The quantitative estimate of drug-likeness (QED) is 0.601. The maximum Gasteiger partial charge on any atom is 0.341 e. The van der Waals surface area contributed by atoms with Crippen molar-refractivity contribution in [2.75, 3.05) is 26.2 Å². The molecule has 2 aromatic carbocycles. The van der Waals surface area contributed by atoms with Crippen molar-refractivity contribution in [3.05, 3.63) is 65.7 Å². The van der Waals surface area contributed by atoms with Crippen molar-refractivity contribution >= 4 is 11.9 Å². The second kappa shape index (κ2) is 10.6. The van der Waals surface area contributed by atoms with Crippen LogP contribution in [-0.4, -0.2) is 59.1 Å². The van der Waals surface area contributed by atoms with Crippen molar-refractivity contribution in [1.82, 2.24) is 9.80 Å². The lowest BCUT2D eigenvalue weighted by atomic mass is 9.75. The minimum Gasteiger partial charge on any atom is -0.482 e. The van der Waals surface area contributed by atoms with Crippen LogP contribution in [0.1, 0.15) is 44.2 Å². The number of likely N-dealkylation sites (tertiary alicyclic amines) is 2. The molecule has 0 unspecified atom stereocenters. The van der Waals surface area contributed by atoms with Crippen molar-refractivity contribution in [1.29, 1.82) is 0 Å². The lowest BCUT2D eigenvalue weighted by molar-refractivity contribution is -0.140. The molecule has 0 aliphatic carbocycles. The molecule has 2 fully saturated rings. The van der Waals surface area contributed by atoms with Crippen molar-refractivity contribution in [2.45, 2.75) is 52.1 Å². The summed E-state index contributed by atoms with van der Waals surface area (Å²) >= 11 is 0. The predicted molar refractivity (Wildman–Crippen MR) is 132 cm³/mol. The zero-order valence-corrected chi connectivity index (χ0v) is 20.3. The first-order chi connectivity index (χ1) is 16.3. The molecule has 1 N–H and O–H groups in total. The van der Waals surface area contributed by atoms with Gasteiger partial charge in [-0.15, -0.1) is 0 Å². The smallest absolute Gasteiger partial charge is 0.341 e. The van der Waals surface area contributed by atoms with Crippen LogP contribution < -0.4 is 4.74 Å². The van der Waals surface area contributed by atoms with Gasteiger partial charge in [-0.3, -0.25) is 9.69 Å². The molecule has 2 aromatic rings. The normalized spacial score (nSPS) is 20.3. The van der Waals surface area contributed by atoms with Crippen LogP contribution in [0.5, 0.6) is 5.75 Å². The highest BCUT2D eigenvalue weighted by Crippen LogP contribution is 2.45. The van der Waals surface area contributed by atoms with E-state index in [2.05, 4.69) is 47.9 Å². The summed E-state index contributed by atoms with van der Waals surface area (Å²) in [5.74, 6) is 0.405. The Labute approximate surface area is 202 Å². The average Bonchev–Trinajstić information content (AvgIpc) is 3.06. The number of amides is 1. The Hall–Kier alpha value is -2.86. The summed E-state index contributed by atoms with van der Waals surface area (Å²) in [6.07, 6.45) is 3.70. The van der Waals surface area contributed by atoms with Gasteiger partial charge < -0.3 is 14.7 Å². The molecule has 182 valence electrons. The topological polar surface area (TPSA) is 70.1 Å².